The Morgan fingerprint density at radius 3 is 2.53 bits per heavy atom. The molecule has 0 unspecified atom stereocenters. The molecule has 19 heavy (non-hydrogen) atoms. The number of hydrogen-bond donors (Lipinski definition) is 0. The standard InChI is InChI=1S/C11H20N6O2/c1-15-13-10(12-14-15)9-17-7-5-16(6-8-17)4-3-11(18)19-2/h3-9H2,1-2H3. The summed E-state index contributed by atoms with van der Waals surface area (Å²) in [5, 5.41) is 12.0. The van der Waals surface area contributed by atoms with Gasteiger partial charge in [0.1, 0.15) is 0 Å². The highest BCUT2D eigenvalue weighted by atomic mass is 16.5. The number of carbonyl (C=O) groups excluding carboxylic acids is 1. The third kappa shape index (κ3) is 4.25. The summed E-state index contributed by atoms with van der Waals surface area (Å²) in [6.07, 6.45) is 0.461. The molecule has 2 heterocycles. The van der Waals surface area contributed by atoms with Crippen LogP contribution in [0.25, 0.3) is 0 Å². The van der Waals surface area contributed by atoms with Crippen molar-refractivity contribution in [1.82, 2.24) is 30.0 Å². The number of aromatic nitrogens is 4. The molecule has 0 spiro atoms. The lowest BCUT2D eigenvalue weighted by Crippen LogP contribution is -2.46. The molecule has 0 radical (unpaired) electrons. The quantitative estimate of drug-likeness (QED) is 0.627. The van der Waals surface area contributed by atoms with E-state index < -0.39 is 0 Å². The number of aryl methyl sites for hydroxylation is 1. The first-order valence-electron chi connectivity index (χ1n) is 6.42. The maximum atomic E-state index is 11.1. The molecule has 0 N–H and O–H groups in total. The van der Waals surface area contributed by atoms with Crippen LogP contribution in [0.15, 0.2) is 0 Å². The van der Waals surface area contributed by atoms with E-state index in [0.717, 1.165) is 45.1 Å². The monoisotopic (exact) mass is 268 g/mol. The maximum absolute atomic E-state index is 11.1. The van der Waals surface area contributed by atoms with Crippen LogP contribution in [0.2, 0.25) is 0 Å². The molecule has 2 rings (SSSR count). The van der Waals surface area contributed by atoms with Crippen LogP contribution < -0.4 is 0 Å². The first-order valence-corrected chi connectivity index (χ1v) is 6.42. The molecule has 1 aromatic heterocycles. The molecule has 106 valence electrons. The molecular weight excluding hydrogens is 248 g/mol. The van der Waals surface area contributed by atoms with Crippen LogP contribution in [0.4, 0.5) is 0 Å². The molecule has 1 aliphatic rings. The number of esters is 1. The fraction of sp³-hybridized carbons (Fsp3) is 0.818. The third-order valence-corrected chi connectivity index (χ3v) is 3.24. The van der Waals surface area contributed by atoms with Gasteiger partial charge in [0.15, 0.2) is 5.82 Å². The van der Waals surface area contributed by atoms with E-state index >= 15 is 0 Å². The third-order valence-electron chi connectivity index (χ3n) is 3.24. The molecule has 0 saturated carbocycles. The average Bonchev–Trinajstić information content (AvgIpc) is 2.83. The number of nitrogens with zero attached hydrogens (tertiary/aromatic N) is 6. The van der Waals surface area contributed by atoms with E-state index in [1.165, 1.54) is 11.9 Å². The van der Waals surface area contributed by atoms with E-state index in [-0.39, 0.29) is 5.97 Å². The Hall–Kier alpha value is -1.54. The highest BCUT2D eigenvalue weighted by Gasteiger charge is 2.18. The zero-order valence-electron chi connectivity index (χ0n) is 11.4. The van der Waals surface area contributed by atoms with Crippen molar-refractivity contribution in [3.8, 4) is 0 Å². The van der Waals surface area contributed by atoms with E-state index in [4.69, 9.17) is 0 Å². The lowest BCUT2D eigenvalue weighted by Gasteiger charge is -2.33. The summed E-state index contributed by atoms with van der Waals surface area (Å²) in [6, 6.07) is 0. The average molecular weight is 268 g/mol. The Bertz CT molecular complexity index is 413. The van der Waals surface area contributed by atoms with Gasteiger partial charge in [-0.3, -0.25) is 9.69 Å². The Morgan fingerprint density at radius 1 is 1.26 bits per heavy atom. The highest BCUT2D eigenvalue weighted by Crippen LogP contribution is 2.05. The molecule has 8 heteroatoms. The van der Waals surface area contributed by atoms with Gasteiger partial charge in [-0.1, -0.05) is 0 Å². The Morgan fingerprint density at radius 2 is 1.95 bits per heavy atom. The molecule has 1 saturated heterocycles. The lowest BCUT2D eigenvalue weighted by molar-refractivity contribution is -0.141. The second kappa shape index (κ2) is 6.58. The zero-order valence-corrected chi connectivity index (χ0v) is 11.4. The minimum absolute atomic E-state index is 0.147. The largest absolute Gasteiger partial charge is 0.469 e. The summed E-state index contributed by atoms with van der Waals surface area (Å²) in [6.45, 7) is 5.33. The summed E-state index contributed by atoms with van der Waals surface area (Å²) >= 11 is 0. The van der Waals surface area contributed by atoms with Crippen molar-refractivity contribution in [3.63, 3.8) is 0 Å². The number of ether oxygens (including phenoxy) is 1. The first kappa shape index (κ1) is 13.9. The number of piperazine rings is 1. The first-order chi connectivity index (χ1) is 9.17. The van der Waals surface area contributed by atoms with Crippen molar-refractivity contribution in [2.75, 3.05) is 39.8 Å². The van der Waals surface area contributed by atoms with Crippen molar-refractivity contribution in [1.29, 1.82) is 0 Å². The molecule has 1 aliphatic heterocycles. The van der Waals surface area contributed by atoms with Crippen molar-refractivity contribution in [2.24, 2.45) is 7.05 Å². The number of methoxy groups -OCH3 is 1. The van der Waals surface area contributed by atoms with Gasteiger partial charge < -0.3 is 9.64 Å². The second-order valence-corrected chi connectivity index (χ2v) is 4.64. The van der Waals surface area contributed by atoms with Gasteiger partial charge in [-0.25, -0.2) is 0 Å². The van der Waals surface area contributed by atoms with Gasteiger partial charge in [-0.05, 0) is 5.21 Å². The van der Waals surface area contributed by atoms with Crippen molar-refractivity contribution >= 4 is 5.97 Å². The summed E-state index contributed by atoms with van der Waals surface area (Å²) in [7, 11) is 3.19. The molecule has 0 aliphatic carbocycles. The van der Waals surface area contributed by atoms with Gasteiger partial charge in [0.2, 0.25) is 0 Å². The fourth-order valence-corrected chi connectivity index (χ4v) is 2.11. The molecule has 1 aromatic rings. The number of carbonyl (C=O) groups is 1. The molecule has 0 bridgehead atoms. The van der Waals surface area contributed by atoms with Gasteiger partial charge in [0, 0.05) is 32.7 Å². The minimum atomic E-state index is -0.147. The number of tetrazole rings is 1. The SMILES string of the molecule is COC(=O)CCN1CCN(Cc2nnn(C)n2)CC1. The predicted molar refractivity (Wildman–Crippen MR) is 67.1 cm³/mol. The summed E-state index contributed by atoms with van der Waals surface area (Å²) < 4.78 is 4.64. The van der Waals surface area contributed by atoms with E-state index in [1.54, 1.807) is 7.05 Å². The van der Waals surface area contributed by atoms with Crippen LogP contribution in [-0.2, 0) is 23.1 Å². The maximum Gasteiger partial charge on any atom is 0.306 e. The normalized spacial score (nSPS) is 17.6. The fourth-order valence-electron chi connectivity index (χ4n) is 2.11. The summed E-state index contributed by atoms with van der Waals surface area (Å²) in [5.41, 5.74) is 0. The van der Waals surface area contributed by atoms with Gasteiger partial charge in [0.05, 0.1) is 27.1 Å². The summed E-state index contributed by atoms with van der Waals surface area (Å²) in [5.74, 6) is 0.608. The number of rotatable bonds is 5. The van der Waals surface area contributed by atoms with Crippen LogP contribution in [0, 0.1) is 0 Å². The van der Waals surface area contributed by atoms with Gasteiger partial charge >= 0.3 is 5.97 Å². The van der Waals surface area contributed by atoms with E-state index in [9.17, 15) is 4.79 Å². The smallest absolute Gasteiger partial charge is 0.306 e. The van der Waals surface area contributed by atoms with Gasteiger partial charge in [-0.15, -0.1) is 10.2 Å². The minimum Gasteiger partial charge on any atom is -0.469 e. The molecule has 0 amide bonds. The molecule has 8 nitrogen and oxygen atoms in total. The highest BCUT2D eigenvalue weighted by molar-refractivity contribution is 5.69. The van der Waals surface area contributed by atoms with Gasteiger partial charge in [-0.2, -0.15) is 4.80 Å². The Kier molecular flexibility index (Phi) is 4.80. The number of hydrogen-bond acceptors (Lipinski definition) is 7. The molecule has 0 atom stereocenters. The van der Waals surface area contributed by atoms with E-state index in [2.05, 4.69) is 29.9 Å². The molecule has 1 fully saturated rings. The van der Waals surface area contributed by atoms with E-state index in [1.807, 2.05) is 0 Å². The molecular formula is C11H20N6O2. The summed E-state index contributed by atoms with van der Waals surface area (Å²) in [4.78, 5) is 17.1. The van der Waals surface area contributed by atoms with Crippen LogP contribution in [-0.4, -0.2) is 75.8 Å². The predicted octanol–water partition coefficient (Wildman–Crippen LogP) is -1.11. The van der Waals surface area contributed by atoms with Crippen LogP contribution in [0.5, 0.6) is 0 Å². The Labute approximate surface area is 112 Å². The lowest BCUT2D eigenvalue weighted by atomic mass is 10.3. The van der Waals surface area contributed by atoms with Gasteiger partial charge in [0.25, 0.3) is 0 Å². The van der Waals surface area contributed by atoms with Crippen molar-refractivity contribution in [2.45, 2.75) is 13.0 Å². The van der Waals surface area contributed by atoms with Crippen molar-refractivity contribution < 1.29 is 9.53 Å². The Balaban J connectivity index is 1.69. The van der Waals surface area contributed by atoms with Crippen LogP contribution in [0.1, 0.15) is 12.2 Å². The second-order valence-electron chi connectivity index (χ2n) is 4.64. The van der Waals surface area contributed by atoms with Crippen molar-refractivity contribution in [3.05, 3.63) is 5.82 Å². The van der Waals surface area contributed by atoms with Crippen LogP contribution in [0.3, 0.4) is 0 Å². The molecule has 0 aromatic carbocycles. The van der Waals surface area contributed by atoms with E-state index in [0.29, 0.717) is 6.42 Å². The topological polar surface area (TPSA) is 76.4 Å². The zero-order chi connectivity index (χ0) is 13.7. The van der Waals surface area contributed by atoms with Crippen LogP contribution >= 0.6 is 0 Å².